The van der Waals surface area contributed by atoms with E-state index in [2.05, 4.69) is 46.5 Å². The Hall–Kier alpha value is 0.140. The van der Waals surface area contributed by atoms with Gasteiger partial charge in [0.1, 0.15) is 0 Å². The summed E-state index contributed by atoms with van der Waals surface area (Å²) in [5.41, 5.74) is 0. The highest BCUT2D eigenvalue weighted by Gasteiger charge is 2.31. The van der Waals surface area contributed by atoms with Gasteiger partial charge in [0.25, 0.3) is 0 Å². The van der Waals surface area contributed by atoms with Gasteiger partial charge in [-0.2, -0.15) is 0 Å². The number of hydrogen-bond donors (Lipinski definition) is 1. The standard InChI is InChI=1S/C14H22BrNS/c1-3-10-5-6-11(9-10)13(16-4-2)14-12(15)7-8-17-14/h7-8,10-11,13,16H,3-6,9H2,1-2H3. The minimum atomic E-state index is 0.561. The molecular formula is C14H22BrNS. The monoisotopic (exact) mass is 315 g/mol. The van der Waals surface area contributed by atoms with Crippen molar-refractivity contribution in [2.24, 2.45) is 11.8 Å². The molecule has 0 amide bonds. The highest BCUT2D eigenvalue weighted by atomic mass is 79.9. The minimum Gasteiger partial charge on any atom is -0.309 e. The third-order valence-corrected chi connectivity index (χ3v) is 5.94. The van der Waals surface area contributed by atoms with Gasteiger partial charge in [-0.3, -0.25) is 0 Å². The van der Waals surface area contributed by atoms with Crippen molar-refractivity contribution in [2.75, 3.05) is 6.54 Å². The molecule has 1 aromatic rings. The van der Waals surface area contributed by atoms with E-state index in [1.54, 1.807) is 0 Å². The van der Waals surface area contributed by atoms with E-state index in [-0.39, 0.29) is 0 Å². The minimum absolute atomic E-state index is 0.561. The summed E-state index contributed by atoms with van der Waals surface area (Å²) in [6, 6.07) is 2.74. The molecule has 1 fully saturated rings. The molecule has 0 bridgehead atoms. The van der Waals surface area contributed by atoms with Gasteiger partial charge >= 0.3 is 0 Å². The molecule has 0 saturated heterocycles. The third kappa shape index (κ3) is 3.12. The van der Waals surface area contributed by atoms with Gasteiger partial charge in [0.2, 0.25) is 0 Å². The topological polar surface area (TPSA) is 12.0 Å². The second-order valence-electron chi connectivity index (χ2n) is 5.02. The van der Waals surface area contributed by atoms with Crippen LogP contribution in [0.1, 0.15) is 50.4 Å². The molecule has 1 aliphatic carbocycles. The molecule has 1 nitrogen and oxygen atoms in total. The van der Waals surface area contributed by atoms with Crippen LogP contribution >= 0.6 is 27.3 Å². The predicted octanol–water partition coefficient (Wildman–Crippen LogP) is 4.99. The molecule has 3 unspecified atom stereocenters. The SMILES string of the molecule is CCNC(c1sccc1Br)C1CCC(CC)C1. The smallest absolute Gasteiger partial charge is 0.0454 e. The molecule has 0 radical (unpaired) electrons. The molecule has 17 heavy (non-hydrogen) atoms. The van der Waals surface area contributed by atoms with E-state index in [1.807, 2.05) is 11.3 Å². The maximum atomic E-state index is 3.69. The molecule has 1 heterocycles. The van der Waals surface area contributed by atoms with Crippen molar-refractivity contribution in [3.8, 4) is 0 Å². The zero-order valence-electron chi connectivity index (χ0n) is 10.7. The van der Waals surface area contributed by atoms with Crippen molar-refractivity contribution >= 4 is 27.3 Å². The first-order valence-corrected chi connectivity index (χ1v) is 8.39. The second kappa shape index (κ2) is 6.35. The summed E-state index contributed by atoms with van der Waals surface area (Å²) in [6.07, 6.45) is 5.56. The van der Waals surface area contributed by atoms with Crippen molar-refractivity contribution in [1.29, 1.82) is 0 Å². The molecular weight excluding hydrogens is 294 g/mol. The van der Waals surface area contributed by atoms with E-state index < -0.39 is 0 Å². The molecule has 0 aromatic carbocycles. The van der Waals surface area contributed by atoms with Gasteiger partial charge in [-0.1, -0.05) is 26.7 Å². The largest absolute Gasteiger partial charge is 0.309 e. The number of nitrogens with one attached hydrogen (secondary N) is 1. The lowest BCUT2D eigenvalue weighted by Crippen LogP contribution is -2.26. The highest BCUT2D eigenvalue weighted by molar-refractivity contribution is 9.10. The molecule has 1 aliphatic rings. The van der Waals surface area contributed by atoms with Crippen LogP contribution in [0.15, 0.2) is 15.9 Å². The Morgan fingerprint density at radius 2 is 2.29 bits per heavy atom. The third-order valence-electron chi connectivity index (χ3n) is 3.98. The van der Waals surface area contributed by atoms with E-state index in [1.165, 1.54) is 35.0 Å². The quantitative estimate of drug-likeness (QED) is 0.807. The molecule has 2 rings (SSSR count). The first-order chi connectivity index (χ1) is 8.26. The van der Waals surface area contributed by atoms with Crippen molar-refractivity contribution in [1.82, 2.24) is 5.32 Å². The molecule has 0 spiro atoms. The van der Waals surface area contributed by atoms with Gasteiger partial charge in [-0.25, -0.2) is 0 Å². The average molecular weight is 316 g/mol. The average Bonchev–Trinajstić information content (AvgIpc) is 2.95. The normalized spacial score (nSPS) is 26.3. The van der Waals surface area contributed by atoms with Crippen molar-refractivity contribution in [3.63, 3.8) is 0 Å². The van der Waals surface area contributed by atoms with Crippen molar-refractivity contribution in [3.05, 3.63) is 20.8 Å². The number of hydrogen-bond acceptors (Lipinski definition) is 2. The number of halogens is 1. The van der Waals surface area contributed by atoms with Crippen LogP contribution in [0.25, 0.3) is 0 Å². The van der Waals surface area contributed by atoms with Crippen LogP contribution in [0.2, 0.25) is 0 Å². The Kier molecular flexibility index (Phi) is 5.07. The van der Waals surface area contributed by atoms with Gasteiger partial charge in [-0.05, 0) is 58.6 Å². The molecule has 0 aliphatic heterocycles. The first-order valence-electron chi connectivity index (χ1n) is 6.72. The molecule has 1 saturated carbocycles. The fraction of sp³-hybridized carbons (Fsp3) is 0.714. The Bertz CT molecular complexity index is 350. The van der Waals surface area contributed by atoms with Crippen molar-refractivity contribution < 1.29 is 0 Å². The van der Waals surface area contributed by atoms with Crippen molar-refractivity contribution in [2.45, 2.75) is 45.6 Å². The van der Waals surface area contributed by atoms with Gasteiger partial charge in [0.15, 0.2) is 0 Å². The van der Waals surface area contributed by atoms with E-state index in [4.69, 9.17) is 0 Å². The van der Waals surface area contributed by atoms with Gasteiger partial charge in [0.05, 0.1) is 0 Å². The van der Waals surface area contributed by atoms with Gasteiger partial charge in [-0.15, -0.1) is 11.3 Å². The molecule has 96 valence electrons. The maximum absolute atomic E-state index is 3.69. The van der Waals surface area contributed by atoms with Crippen LogP contribution in [0.3, 0.4) is 0 Å². The second-order valence-corrected chi connectivity index (χ2v) is 6.82. The number of thiophene rings is 1. The molecule has 1 aromatic heterocycles. The Morgan fingerprint density at radius 3 is 2.82 bits per heavy atom. The zero-order valence-corrected chi connectivity index (χ0v) is 13.1. The first kappa shape index (κ1) is 13.6. The summed E-state index contributed by atoms with van der Waals surface area (Å²) >= 11 is 5.57. The summed E-state index contributed by atoms with van der Waals surface area (Å²) in [5.74, 6) is 1.79. The van der Waals surface area contributed by atoms with Crippen LogP contribution in [0.4, 0.5) is 0 Å². The molecule has 3 atom stereocenters. The zero-order chi connectivity index (χ0) is 12.3. The summed E-state index contributed by atoms with van der Waals surface area (Å²) in [4.78, 5) is 1.49. The predicted molar refractivity (Wildman–Crippen MR) is 79.6 cm³/mol. The number of rotatable bonds is 5. The fourth-order valence-electron chi connectivity index (χ4n) is 3.01. The highest BCUT2D eigenvalue weighted by Crippen LogP contribution is 2.43. The maximum Gasteiger partial charge on any atom is 0.0454 e. The Labute approximate surface area is 117 Å². The Balaban J connectivity index is 2.10. The van der Waals surface area contributed by atoms with E-state index in [9.17, 15) is 0 Å². The Morgan fingerprint density at radius 1 is 1.47 bits per heavy atom. The van der Waals surface area contributed by atoms with Gasteiger partial charge in [0, 0.05) is 15.4 Å². The lowest BCUT2D eigenvalue weighted by molar-refractivity contribution is 0.363. The van der Waals surface area contributed by atoms with E-state index in [0.29, 0.717) is 6.04 Å². The van der Waals surface area contributed by atoms with Gasteiger partial charge < -0.3 is 5.32 Å². The van der Waals surface area contributed by atoms with Crippen LogP contribution in [-0.4, -0.2) is 6.54 Å². The van der Waals surface area contributed by atoms with Crippen LogP contribution in [0.5, 0.6) is 0 Å². The summed E-state index contributed by atoms with van der Waals surface area (Å²) < 4.78 is 1.29. The summed E-state index contributed by atoms with van der Waals surface area (Å²) in [7, 11) is 0. The van der Waals surface area contributed by atoms with Crippen LogP contribution < -0.4 is 5.32 Å². The lowest BCUT2D eigenvalue weighted by Gasteiger charge is -2.24. The van der Waals surface area contributed by atoms with E-state index >= 15 is 0 Å². The van der Waals surface area contributed by atoms with E-state index in [0.717, 1.165) is 18.4 Å². The fourth-order valence-corrected chi connectivity index (χ4v) is 4.80. The lowest BCUT2D eigenvalue weighted by atomic mass is 9.94. The molecule has 3 heteroatoms. The summed E-state index contributed by atoms with van der Waals surface area (Å²) in [6.45, 7) is 5.60. The summed E-state index contributed by atoms with van der Waals surface area (Å²) in [5, 5.41) is 5.88. The van der Waals surface area contributed by atoms with Crippen LogP contribution in [-0.2, 0) is 0 Å². The van der Waals surface area contributed by atoms with Crippen LogP contribution in [0, 0.1) is 11.8 Å². The molecule has 1 N–H and O–H groups in total.